The molecule has 1 aliphatic rings. The fraction of sp³-hybridized carbons (Fsp3) is 0.417. The lowest BCUT2D eigenvalue weighted by molar-refractivity contribution is -0.110. The Kier molecular flexibility index (Phi) is 7.49. The van der Waals surface area contributed by atoms with Crippen molar-refractivity contribution in [2.24, 2.45) is 11.7 Å². The van der Waals surface area contributed by atoms with Crippen LogP contribution in [0.1, 0.15) is 41.9 Å². The van der Waals surface area contributed by atoms with Crippen molar-refractivity contribution in [2.45, 2.75) is 53.5 Å². The van der Waals surface area contributed by atoms with Crippen LogP contribution >= 0.6 is 11.6 Å². The van der Waals surface area contributed by atoms with Crippen molar-refractivity contribution in [1.29, 1.82) is 0 Å². The summed E-state index contributed by atoms with van der Waals surface area (Å²) in [6, 6.07) is 8.42. The van der Waals surface area contributed by atoms with Gasteiger partial charge >= 0.3 is 0 Å². The minimum absolute atomic E-state index is 0.268. The van der Waals surface area contributed by atoms with Crippen molar-refractivity contribution in [3.05, 3.63) is 64.1 Å². The number of hydrazine groups is 1. The van der Waals surface area contributed by atoms with E-state index < -0.39 is 11.5 Å². The molecule has 2 aromatic rings. The lowest BCUT2D eigenvalue weighted by atomic mass is 9.90. The van der Waals surface area contributed by atoms with E-state index in [2.05, 4.69) is 50.5 Å². The molecule has 1 aliphatic heterocycles. The Balaban J connectivity index is 2.05. The van der Waals surface area contributed by atoms with E-state index in [0.29, 0.717) is 18.0 Å². The topological polar surface area (TPSA) is 80.5 Å². The van der Waals surface area contributed by atoms with Crippen molar-refractivity contribution in [3.63, 3.8) is 0 Å². The van der Waals surface area contributed by atoms with Gasteiger partial charge in [0.15, 0.2) is 6.23 Å². The van der Waals surface area contributed by atoms with Crippen molar-refractivity contribution < 1.29 is 9.53 Å². The van der Waals surface area contributed by atoms with E-state index in [4.69, 9.17) is 27.1 Å². The lowest BCUT2D eigenvalue weighted by Crippen LogP contribution is -2.36. The molecule has 6 nitrogen and oxygen atoms in total. The molecule has 0 saturated carbocycles. The van der Waals surface area contributed by atoms with Crippen LogP contribution in [0.15, 0.2) is 36.0 Å². The second-order valence-corrected chi connectivity index (χ2v) is 8.78. The second kappa shape index (κ2) is 9.92. The molecular weight excluding hydrogens is 412 g/mol. The number of benzene rings is 1. The van der Waals surface area contributed by atoms with Crippen molar-refractivity contribution in [2.75, 3.05) is 7.05 Å². The average molecular weight is 443 g/mol. The molecule has 1 unspecified atom stereocenters. The molecule has 1 atom stereocenters. The van der Waals surface area contributed by atoms with Gasteiger partial charge in [-0.3, -0.25) is 9.78 Å². The molecule has 3 rings (SSSR count). The third-order valence-electron chi connectivity index (χ3n) is 5.39. The third-order valence-corrected chi connectivity index (χ3v) is 5.61. The van der Waals surface area contributed by atoms with E-state index in [1.165, 1.54) is 5.56 Å². The van der Waals surface area contributed by atoms with Crippen LogP contribution in [0.4, 0.5) is 0 Å². The lowest BCUT2D eigenvalue weighted by Gasteiger charge is -2.23. The first-order chi connectivity index (χ1) is 14.7. The molecule has 0 radical (unpaired) electrons. The van der Waals surface area contributed by atoms with Crippen LogP contribution in [0.5, 0.6) is 0 Å². The van der Waals surface area contributed by atoms with Gasteiger partial charge in [-0.2, -0.15) is 0 Å². The summed E-state index contributed by atoms with van der Waals surface area (Å²) in [6.45, 7) is 9.08. The van der Waals surface area contributed by atoms with Gasteiger partial charge in [0.05, 0.1) is 12.2 Å². The number of aryl methyl sites for hydroxylation is 2. The van der Waals surface area contributed by atoms with Gasteiger partial charge in [0.2, 0.25) is 0 Å². The van der Waals surface area contributed by atoms with Crippen LogP contribution < -0.4 is 11.2 Å². The summed E-state index contributed by atoms with van der Waals surface area (Å²) in [6.07, 6.45) is 1.89. The number of aromatic nitrogens is 1. The minimum Gasteiger partial charge on any atom is -0.352 e. The van der Waals surface area contributed by atoms with Gasteiger partial charge in [-0.05, 0) is 54.5 Å². The molecule has 3 N–H and O–H groups in total. The van der Waals surface area contributed by atoms with Crippen molar-refractivity contribution >= 4 is 16.8 Å². The highest BCUT2D eigenvalue weighted by Crippen LogP contribution is 2.33. The van der Waals surface area contributed by atoms with Crippen molar-refractivity contribution in [3.8, 4) is 11.1 Å². The zero-order chi connectivity index (χ0) is 22.7. The number of nitrogens with zero attached hydrogens (tertiary/aromatic N) is 2. The Bertz CT molecular complexity index is 986. The summed E-state index contributed by atoms with van der Waals surface area (Å²) in [5.74, 6) is 0.464. The summed E-state index contributed by atoms with van der Waals surface area (Å²) < 4.78 is 6.11. The van der Waals surface area contributed by atoms with E-state index in [0.717, 1.165) is 40.1 Å². The summed E-state index contributed by atoms with van der Waals surface area (Å²) in [5.41, 5.74) is 17.0. The molecule has 31 heavy (non-hydrogen) atoms. The number of nitrogens with two attached hydrogens (primary N) is 1. The average Bonchev–Trinajstić information content (AvgIpc) is 3.08. The highest BCUT2D eigenvalue weighted by atomic mass is 35.5. The number of carbonyl (C=O) groups excluding carboxylic acids is 1. The second-order valence-electron chi connectivity index (χ2n) is 8.43. The van der Waals surface area contributed by atoms with Crippen LogP contribution in [-0.2, 0) is 29.1 Å². The van der Waals surface area contributed by atoms with Gasteiger partial charge in [0.25, 0.3) is 5.24 Å². The zero-order valence-corrected chi connectivity index (χ0v) is 19.6. The summed E-state index contributed by atoms with van der Waals surface area (Å²) in [5, 5.41) is 1.13. The molecule has 1 aromatic carbocycles. The van der Waals surface area contributed by atoms with E-state index in [9.17, 15) is 4.79 Å². The highest BCUT2D eigenvalue weighted by Gasteiger charge is 2.28. The zero-order valence-electron chi connectivity index (χ0n) is 18.8. The smallest absolute Gasteiger partial charge is 0.253 e. The Morgan fingerprint density at radius 3 is 2.52 bits per heavy atom. The number of hydrogen-bond donors (Lipinski definition) is 2. The molecule has 0 bridgehead atoms. The first-order valence-electron chi connectivity index (χ1n) is 10.5. The first-order valence-corrected chi connectivity index (χ1v) is 10.9. The molecule has 0 saturated heterocycles. The summed E-state index contributed by atoms with van der Waals surface area (Å²) >= 11 is 5.73. The number of carbonyl (C=O) groups is 1. The van der Waals surface area contributed by atoms with Gasteiger partial charge < -0.3 is 15.5 Å². The van der Waals surface area contributed by atoms with Gasteiger partial charge in [-0.25, -0.2) is 5.43 Å². The van der Waals surface area contributed by atoms with E-state index in [1.807, 2.05) is 6.92 Å². The van der Waals surface area contributed by atoms with Crippen LogP contribution in [0.2, 0.25) is 0 Å². The van der Waals surface area contributed by atoms with Gasteiger partial charge in [0, 0.05) is 36.7 Å². The molecule has 0 amide bonds. The Labute approximate surface area is 189 Å². The maximum Gasteiger partial charge on any atom is 0.253 e. The molecular formula is C24H31ClN4O2. The fourth-order valence-corrected chi connectivity index (χ4v) is 4.03. The quantitative estimate of drug-likeness (QED) is 0.602. The number of pyridine rings is 1. The molecule has 0 spiro atoms. The summed E-state index contributed by atoms with van der Waals surface area (Å²) in [4.78, 5) is 16.7. The number of nitrogens with one attached hydrogen (secondary N) is 1. The van der Waals surface area contributed by atoms with Crippen LogP contribution in [0.3, 0.4) is 0 Å². The van der Waals surface area contributed by atoms with E-state index in [-0.39, 0.29) is 6.61 Å². The normalized spacial score (nSPS) is 16.2. The minimum atomic E-state index is -0.614. The molecule has 166 valence electrons. The number of halogens is 1. The Hall–Kier alpha value is -2.25. The van der Waals surface area contributed by atoms with E-state index in [1.54, 1.807) is 18.3 Å². The van der Waals surface area contributed by atoms with Crippen molar-refractivity contribution in [1.82, 2.24) is 15.4 Å². The molecule has 1 aromatic heterocycles. The third kappa shape index (κ3) is 5.33. The molecule has 0 fully saturated rings. The number of ether oxygens (including phenoxy) is 1. The van der Waals surface area contributed by atoms with Crippen LogP contribution in [0.25, 0.3) is 11.1 Å². The predicted molar refractivity (Wildman–Crippen MR) is 124 cm³/mol. The van der Waals surface area contributed by atoms with Gasteiger partial charge in [-0.1, -0.05) is 43.7 Å². The largest absolute Gasteiger partial charge is 0.352 e. The Morgan fingerprint density at radius 1 is 1.26 bits per heavy atom. The van der Waals surface area contributed by atoms with Gasteiger partial charge in [0.1, 0.15) is 0 Å². The van der Waals surface area contributed by atoms with Gasteiger partial charge in [-0.15, -0.1) is 0 Å². The SMILES string of the molecule is Cc1ccc(-c2c(COC3NN(C)C=C3C(=O)Cl)c(C)nc(CC(C)C)c2CN)cc1. The highest BCUT2D eigenvalue weighted by molar-refractivity contribution is 6.67. The van der Waals surface area contributed by atoms with E-state index >= 15 is 0 Å². The molecule has 0 aliphatic carbocycles. The Morgan fingerprint density at radius 2 is 1.94 bits per heavy atom. The fourth-order valence-electron chi connectivity index (χ4n) is 3.88. The predicted octanol–water partition coefficient (Wildman–Crippen LogP) is 3.96. The molecule has 7 heteroatoms. The first kappa shape index (κ1) is 23.4. The maximum absolute atomic E-state index is 11.8. The standard InChI is InChI=1S/C24H31ClN4O2/c1-14(2)10-21-18(11-26)22(17-8-6-15(3)7-9-17)20(16(4)27-21)13-31-24-19(23(25)30)12-29(5)28-24/h6-9,12,14,24,28H,10-11,13,26H2,1-5H3. The maximum atomic E-state index is 11.8. The monoisotopic (exact) mass is 442 g/mol. The van der Waals surface area contributed by atoms with Crippen LogP contribution in [-0.4, -0.2) is 28.5 Å². The molecule has 2 heterocycles. The number of rotatable bonds is 8. The summed E-state index contributed by atoms with van der Waals surface area (Å²) in [7, 11) is 1.79. The number of hydrogen-bond acceptors (Lipinski definition) is 6. The van der Waals surface area contributed by atoms with Crippen LogP contribution in [0, 0.1) is 19.8 Å².